The molecule has 0 saturated heterocycles. The van der Waals surface area contributed by atoms with Crippen molar-refractivity contribution in [3.63, 3.8) is 0 Å². The van der Waals surface area contributed by atoms with E-state index in [9.17, 15) is 4.79 Å². The van der Waals surface area contributed by atoms with Gasteiger partial charge >= 0.3 is 0 Å². The van der Waals surface area contributed by atoms with Crippen molar-refractivity contribution in [2.45, 2.75) is 45.2 Å². The van der Waals surface area contributed by atoms with Gasteiger partial charge in [0.15, 0.2) is 0 Å². The molecule has 2 bridgehead atoms. The lowest BCUT2D eigenvalue weighted by atomic mass is 9.34. The van der Waals surface area contributed by atoms with Crippen LogP contribution in [-0.4, -0.2) is 26.9 Å². The SMILES string of the molecule is Cc1ccc2c(cnn2CC23CC(C(=O)N4N=CCC4c4ccccc4)(C2)C3)c1. The van der Waals surface area contributed by atoms with Crippen molar-refractivity contribution in [3.8, 4) is 0 Å². The van der Waals surface area contributed by atoms with E-state index in [4.69, 9.17) is 0 Å². The molecule has 2 aromatic carbocycles. The first-order valence-corrected chi connectivity index (χ1v) is 10.4. The summed E-state index contributed by atoms with van der Waals surface area (Å²) >= 11 is 0. The minimum atomic E-state index is -0.200. The van der Waals surface area contributed by atoms with Crippen LogP contribution in [0.4, 0.5) is 0 Å². The second kappa shape index (κ2) is 5.78. The van der Waals surface area contributed by atoms with E-state index in [0.717, 1.165) is 37.8 Å². The van der Waals surface area contributed by atoms with Crippen LogP contribution in [0.2, 0.25) is 0 Å². The maximum absolute atomic E-state index is 13.4. The monoisotopic (exact) mass is 384 g/mol. The number of fused-ring (bicyclic) bond motifs is 1. The summed E-state index contributed by atoms with van der Waals surface area (Å²) in [7, 11) is 0. The average molecular weight is 384 g/mol. The van der Waals surface area contributed by atoms with E-state index in [1.165, 1.54) is 16.5 Å². The van der Waals surface area contributed by atoms with E-state index in [1.54, 1.807) is 5.01 Å². The molecule has 2 heterocycles. The first kappa shape index (κ1) is 17.0. The summed E-state index contributed by atoms with van der Waals surface area (Å²) in [6.45, 7) is 3.01. The highest BCUT2D eigenvalue weighted by atomic mass is 16.2. The summed E-state index contributed by atoms with van der Waals surface area (Å²) in [4.78, 5) is 13.4. The molecule has 4 aliphatic rings. The van der Waals surface area contributed by atoms with E-state index in [-0.39, 0.29) is 22.8 Å². The van der Waals surface area contributed by atoms with Gasteiger partial charge in [-0.05, 0) is 49.3 Å². The summed E-state index contributed by atoms with van der Waals surface area (Å²) in [6.07, 6.45) is 7.52. The molecule has 1 aliphatic heterocycles. The topological polar surface area (TPSA) is 50.5 Å². The van der Waals surface area contributed by atoms with E-state index in [0.29, 0.717) is 0 Å². The molecule has 0 N–H and O–H groups in total. The Morgan fingerprint density at radius 3 is 2.72 bits per heavy atom. The number of aryl methyl sites for hydroxylation is 1. The van der Waals surface area contributed by atoms with Crippen LogP contribution in [-0.2, 0) is 11.3 Å². The Balaban J connectivity index is 1.17. The normalized spacial score (nSPS) is 29.7. The molecule has 7 rings (SSSR count). The van der Waals surface area contributed by atoms with Crippen molar-refractivity contribution in [2.24, 2.45) is 15.9 Å². The van der Waals surface area contributed by atoms with Crippen LogP contribution in [0.15, 0.2) is 59.8 Å². The third-order valence-electron chi connectivity index (χ3n) is 7.10. The summed E-state index contributed by atoms with van der Waals surface area (Å²) < 4.78 is 2.13. The second-order valence-corrected chi connectivity index (χ2v) is 9.29. The lowest BCUT2D eigenvalue weighted by molar-refractivity contribution is -0.223. The second-order valence-electron chi connectivity index (χ2n) is 9.29. The summed E-state index contributed by atoms with van der Waals surface area (Å²) in [5, 5.41) is 12.0. The van der Waals surface area contributed by atoms with Crippen molar-refractivity contribution in [1.82, 2.24) is 14.8 Å². The van der Waals surface area contributed by atoms with Crippen molar-refractivity contribution < 1.29 is 4.79 Å². The molecule has 3 aliphatic carbocycles. The predicted molar refractivity (Wildman–Crippen MR) is 112 cm³/mol. The minimum absolute atomic E-state index is 0.0481. The number of hydrogen-bond donors (Lipinski definition) is 0. The Kier molecular flexibility index (Phi) is 3.38. The van der Waals surface area contributed by atoms with Gasteiger partial charge in [-0.3, -0.25) is 9.48 Å². The highest BCUT2D eigenvalue weighted by Crippen LogP contribution is 2.74. The van der Waals surface area contributed by atoms with E-state index in [2.05, 4.69) is 52.1 Å². The standard InChI is InChI=1S/C24H24N4O/c1-17-7-8-20-19(11-17)12-26-27(20)16-23-13-24(14-23,15-23)22(29)28-21(9-10-25-28)18-5-3-2-4-6-18/h2-8,10-12,21H,9,13-16H2,1H3. The molecule has 5 nitrogen and oxygen atoms in total. The van der Waals surface area contributed by atoms with Crippen LogP contribution in [0.5, 0.6) is 0 Å². The maximum Gasteiger partial charge on any atom is 0.249 e. The number of benzene rings is 2. The molecule has 146 valence electrons. The first-order chi connectivity index (χ1) is 14.1. The lowest BCUT2D eigenvalue weighted by Crippen LogP contribution is -2.68. The number of nitrogens with zero attached hydrogens (tertiary/aromatic N) is 4. The van der Waals surface area contributed by atoms with Gasteiger partial charge in [0.1, 0.15) is 0 Å². The highest BCUT2D eigenvalue weighted by Gasteiger charge is 2.72. The van der Waals surface area contributed by atoms with Gasteiger partial charge in [0.25, 0.3) is 0 Å². The lowest BCUT2D eigenvalue weighted by Gasteiger charge is -2.69. The van der Waals surface area contributed by atoms with Crippen LogP contribution in [0.1, 0.15) is 42.9 Å². The van der Waals surface area contributed by atoms with Crippen LogP contribution < -0.4 is 0 Å². The van der Waals surface area contributed by atoms with Crippen LogP contribution in [0.25, 0.3) is 10.9 Å². The molecular weight excluding hydrogens is 360 g/mol. The summed E-state index contributed by atoms with van der Waals surface area (Å²) in [6, 6.07) is 16.8. The Labute approximate surface area is 170 Å². The van der Waals surface area contributed by atoms with E-state index in [1.807, 2.05) is 30.6 Å². The summed E-state index contributed by atoms with van der Waals surface area (Å²) in [5.41, 5.74) is 3.64. The van der Waals surface area contributed by atoms with Gasteiger partial charge in [-0.25, -0.2) is 5.01 Å². The zero-order valence-electron chi connectivity index (χ0n) is 16.6. The Bertz CT molecular complexity index is 1130. The molecule has 5 heteroatoms. The third kappa shape index (κ3) is 2.43. The quantitative estimate of drug-likeness (QED) is 0.666. The van der Waals surface area contributed by atoms with Gasteiger partial charge in [0.05, 0.1) is 23.2 Å². The Morgan fingerprint density at radius 1 is 1.14 bits per heavy atom. The van der Waals surface area contributed by atoms with Crippen LogP contribution >= 0.6 is 0 Å². The van der Waals surface area contributed by atoms with E-state index < -0.39 is 0 Å². The molecule has 0 radical (unpaired) electrons. The van der Waals surface area contributed by atoms with Crippen molar-refractivity contribution in [3.05, 3.63) is 65.9 Å². The first-order valence-electron chi connectivity index (χ1n) is 10.4. The number of aromatic nitrogens is 2. The van der Waals surface area contributed by atoms with Gasteiger partial charge in [-0.1, -0.05) is 42.0 Å². The fourth-order valence-electron chi connectivity index (χ4n) is 5.85. The third-order valence-corrected chi connectivity index (χ3v) is 7.10. The zero-order chi connectivity index (χ0) is 19.6. The number of amides is 1. The Hall–Kier alpha value is -2.95. The minimum Gasteiger partial charge on any atom is -0.272 e. The number of carbonyl (C=O) groups excluding carboxylic acids is 1. The molecule has 1 unspecified atom stereocenters. The van der Waals surface area contributed by atoms with Crippen molar-refractivity contribution >= 4 is 23.0 Å². The fourth-order valence-corrected chi connectivity index (χ4v) is 5.85. The highest BCUT2D eigenvalue weighted by molar-refractivity contribution is 5.88. The zero-order valence-corrected chi connectivity index (χ0v) is 16.6. The van der Waals surface area contributed by atoms with Crippen LogP contribution in [0, 0.1) is 17.8 Å². The smallest absolute Gasteiger partial charge is 0.249 e. The molecule has 0 spiro atoms. The average Bonchev–Trinajstić information content (AvgIpc) is 3.30. The molecule has 29 heavy (non-hydrogen) atoms. The molecule has 1 aromatic heterocycles. The molecule has 3 saturated carbocycles. The molecule has 1 atom stereocenters. The van der Waals surface area contributed by atoms with Gasteiger partial charge in [0.2, 0.25) is 5.91 Å². The molecule has 1 amide bonds. The summed E-state index contributed by atoms with van der Waals surface area (Å²) in [5.74, 6) is 0.211. The molecule has 3 aromatic rings. The van der Waals surface area contributed by atoms with Crippen molar-refractivity contribution in [1.29, 1.82) is 0 Å². The fraction of sp³-hybridized carbons (Fsp3) is 0.375. The van der Waals surface area contributed by atoms with Gasteiger partial charge in [-0.15, -0.1) is 0 Å². The molecular formula is C24H24N4O. The number of hydrogen-bond acceptors (Lipinski definition) is 3. The number of carbonyl (C=O) groups is 1. The van der Waals surface area contributed by atoms with E-state index >= 15 is 0 Å². The van der Waals surface area contributed by atoms with Crippen LogP contribution in [0.3, 0.4) is 0 Å². The largest absolute Gasteiger partial charge is 0.272 e. The molecule has 3 fully saturated rings. The predicted octanol–water partition coefficient (Wildman–Crippen LogP) is 4.47. The number of rotatable bonds is 4. The van der Waals surface area contributed by atoms with Gasteiger partial charge < -0.3 is 0 Å². The Morgan fingerprint density at radius 2 is 1.93 bits per heavy atom. The van der Waals surface area contributed by atoms with Crippen molar-refractivity contribution in [2.75, 3.05) is 0 Å². The number of hydrazone groups is 1. The van der Waals surface area contributed by atoms with Gasteiger partial charge in [0, 0.05) is 24.6 Å². The maximum atomic E-state index is 13.4. The van der Waals surface area contributed by atoms with Gasteiger partial charge in [-0.2, -0.15) is 10.2 Å².